The van der Waals surface area contributed by atoms with Gasteiger partial charge in [-0.1, -0.05) is 29.3 Å². The molecule has 132 valence electrons. The van der Waals surface area contributed by atoms with Gasteiger partial charge in [-0.2, -0.15) is 0 Å². The van der Waals surface area contributed by atoms with Crippen molar-refractivity contribution in [2.45, 2.75) is 12.0 Å². The Balaban J connectivity index is 1.50. The molecule has 3 aromatic rings. The van der Waals surface area contributed by atoms with Crippen LogP contribution in [0.3, 0.4) is 0 Å². The summed E-state index contributed by atoms with van der Waals surface area (Å²) < 4.78 is 25.4. The third-order valence-electron chi connectivity index (χ3n) is 4.24. The fourth-order valence-corrected chi connectivity index (χ4v) is 3.03. The van der Waals surface area contributed by atoms with Gasteiger partial charge in [0.2, 0.25) is 0 Å². The highest BCUT2D eigenvalue weighted by molar-refractivity contribution is 6.30. The summed E-state index contributed by atoms with van der Waals surface area (Å²) in [5, 5.41) is 1.02. The smallest absolute Gasteiger partial charge is 0.145 e. The molecule has 0 saturated carbocycles. The van der Waals surface area contributed by atoms with Crippen LogP contribution in [0, 0.1) is 5.82 Å². The summed E-state index contributed by atoms with van der Waals surface area (Å²) in [5.41, 5.74) is 0.707. The van der Waals surface area contributed by atoms with Gasteiger partial charge in [0.15, 0.2) is 0 Å². The van der Waals surface area contributed by atoms with Gasteiger partial charge in [0.25, 0.3) is 0 Å². The largest absolute Gasteiger partial charge is 0.456 e. The van der Waals surface area contributed by atoms with E-state index in [1.165, 1.54) is 6.07 Å². The topological polar surface area (TPSA) is 34.6 Å². The molecule has 1 saturated heterocycles. The molecule has 1 aromatic heterocycles. The van der Waals surface area contributed by atoms with E-state index in [0.29, 0.717) is 40.1 Å². The van der Waals surface area contributed by atoms with Gasteiger partial charge in [0.05, 0.1) is 18.5 Å². The first kappa shape index (κ1) is 17.3. The molecule has 1 unspecified atom stereocenters. The Morgan fingerprint density at radius 1 is 1.00 bits per heavy atom. The zero-order chi connectivity index (χ0) is 18.1. The van der Waals surface area contributed by atoms with E-state index < -0.39 is 5.60 Å². The van der Waals surface area contributed by atoms with Crippen LogP contribution in [0.4, 0.5) is 4.39 Å². The first-order valence-electron chi connectivity index (χ1n) is 8.02. The lowest BCUT2D eigenvalue weighted by Gasteiger charge is -2.13. The average Bonchev–Trinajstić information content (AvgIpc) is 3.41. The van der Waals surface area contributed by atoms with Crippen molar-refractivity contribution < 1.29 is 13.9 Å². The van der Waals surface area contributed by atoms with Crippen molar-refractivity contribution >= 4 is 23.2 Å². The SMILES string of the molecule is Fc1cc(Cl)ccc1CC1(c2ccc(Oc3ccc(Cl)cc3)cn2)CO1. The maximum Gasteiger partial charge on any atom is 0.145 e. The molecule has 26 heavy (non-hydrogen) atoms. The normalized spacial score (nSPS) is 18.6. The van der Waals surface area contributed by atoms with Gasteiger partial charge in [0, 0.05) is 16.5 Å². The van der Waals surface area contributed by atoms with E-state index in [4.69, 9.17) is 32.7 Å². The summed E-state index contributed by atoms with van der Waals surface area (Å²) in [6.07, 6.45) is 2.03. The Morgan fingerprint density at radius 2 is 1.69 bits per heavy atom. The number of hydrogen-bond acceptors (Lipinski definition) is 3. The first-order valence-corrected chi connectivity index (χ1v) is 8.78. The molecule has 0 amide bonds. The van der Waals surface area contributed by atoms with Crippen LogP contribution >= 0.6 is 23.2 Å². The van der Waals surface area contributed by atoms with Crippen LogP contribution in [-0.4, -0.2) is 11.6 Å². The number of ether oxygens (including phenoxy) is 2. The van der Waals surface area contributed by atoms with E-state index >= 15 is 0 Å². The Bertz CT molecular complexity index is 926. The number of epoxide rings is 1. The number of hydrogen-bond donors (Lipinski definition) is 0. The molecule has 0 radical (unpaired) electrons. The van der Waals surface area contributed by atoms with Gasteiger partial charge in [-0.3, -0.25) is 4.98 Å². The second kappa shape index (κ2) is 6.88. The zero-order valence-electron chi connectivity index (χ0n) is 13.6. The molecule has 0 N–H and O–H groups in total. The van der Waals surface area contributed by atoms with E-state index in [2.05, 4.69) is 4.98 Å². The quantitative estimate of drug-likeness (QED) is 0.518. The fraction of sp³-hybridized carbons (Fsp3) is 0.150. The summed E-state index contributed by atoms with van der Waals surface area (Å²) in [6.45, 7) is 0.499. The predicted octanol–water partition coefficient (Wildman–Crippen LogP) is 5.79. The predicted molar refractivity (Wildman–Crippen MR) is 98.5 cm³/mol. The van der Waals surface area contributed by atoms with Crippen LogP contribution in [-0.2, 0) is 16.8 Å². The van der Waals surface area contributed by atoms with Gasteiger partial charge in [-0.15, -0.1) is 0 Å². The van der Waals surface area contributed by atoms with Crippen LogP contribution in [0.25, 0.3) is 0 Å². The minimum atomic E-state index is -0.590. The van der Waals surface area contributed by atoms with Crippen molar-refractivity contribution in [1.29, 1.82) is 0 Å². The minimum absolute atomic E-state index is 0.338. The van der Waals surface area contributed by atoms with Gasteiger partial charge >= 0.3 is 0 Å². The molecule has 1 aliphatic rings. The minimum Gasteiger partial charge on any atom is -0.456 e. The summed E-state index contributed by atoms with van der Waals surface area (Å²) in [4.78, 5) is 4.45. The Labute approximate surface area is 160 Å². The molecule has 4 rings (SSSR count). The van der Waals surface area contributed by atoms with Crippen molar-refractivity contribution in [2.24, 2.45) is 0 Å². The summed E-state index contributed by atoms with van der Waals surface area (Å²) in [7, 11) is 0. The molecule has 1 fully saturated rings. The summed E-state index contributed by atoms with van der Waals surface area (Å²) in [6, 6.07) is 15.4. The maximum absolute atomic E-state index is 14.1. The fourth-order valence-electron chi connectivity index (χ4n) is 2.75. The van der Waals surface area contributed by atoms with E-state index in [-0.39, 0.29) is 5.82 Å². The molecule has 0 aliphatic carbocycles. The van der Waals surface area contributed by atoms with Crippen molar-refractivity contribution in [3.8, 4) is 11.5 Å². The van der Waals surface area contributed by atoms with Crippen molar-refractivity contribution in [1.82, 2.24) is 4.98 Å². The molecule has 0 spiro atoms. The second-order valence-electron chi connectivity index (χ2n) is 6.13. The third kappa shape index (κ3) is 3.68. The van der Waals surface area contributed by atoms with Crippen molar-refractivity contribution in [2.75, 3.05) is 6.61 Å². The molecular formula is C20H14Cl2FNO2. The third-order valence-corrected chi connectivity index (χ3v) is 4.72. The monoisotopic (exact) mass is 389 g/mol. The number of halogens is 3. The molecular weight excluding hydrogens is 376 g/mol. The lowest BCUT2D eigenvalue weighted by atomic mass is 9.96. The Kier molecular flexibility index (Phi) is 4.57. The van der Waals surface area contributed by atoms with Gasteiger partial charge in [-0.05, 0) is 54.1 Å². The molecule has 0 bridgehead atoms. The Morgan fingerprint density at radius 3 is 2.31 bits per heavy atom. The van der Waals surface area contributed by atoms with E-state index in [1.807, 2.05) is 12.1 Å². The number of rotatable bonds is 5. The van der Waals surface area contributed by atoms with Crippen LogP contribution in [0.5, 0.6) is 11.5 Å². The first-order chi connectivity index (χ1) is 12.5. The van der Waals surface area contributed by atoms with E-state index in [1.54, 1.807) is 42.6 Å². The summed E-state index contributed by atoms with van der Waals surface area (Å²) in [5.74, 6) is 0.934. The maximum atomic E-state index is 14.1. The lowest BCUT2D eigenvalue weighted by Crippen LogP contribution is -2.15. The van der Waals surface area contributed by atoms with Gasteiger partial charge < -0.3 is 9.47 Å². The van der Waals surface area contributed by atoms with Crippen molar-refractivity contribution in [3.05, 3.63) is 87.9 Å². The molecule has 3 nitrogen and oxygen atoms in total. The average molecular weight is 390 g/mol. The molecule has 1 atom stereocenters. The second-order valence-corrected chi connectivity index (χ2v) is 7.00. The number of aromatic nitrogens is 1. The number of pyridine rings is 1. The standard InChI is InChI=1S/C20H14Cl2FNO2/c21-14-3-5-16(6-4-14)26-17-7-8-19(24-11-17)20(12-25-20)10-13-1-2-15(22)9-18(13)23/h1-9,11H,10,12H2. The van der Waals surface area contributed by atoms with E-state index in [9.17, 15) is 4.39 Å². The Hall–Kier alpha value is -2.14. The highest BCUT2D eigenvalue weighted by Gasteiger charge is 2.48. The molecule has 2 aromatic carbocycles. The highest BCUT2D eigenvalue weighted by atomic mass is 35.5. The molecule has 2 heterocycles. The number of benzene rings is 2. The molecule has 6 heteroatoms. The van der Waals surface area contributed by atoms with E-state index in [0.717, 1.165) is 5.69 Å². The number of nitrogens with zero attached hydrogens (tertiary/aromatic N) is 1. The highest BCUT2D eigenvalue weighted by Crippen LogP contribution is 2.42. The zero-order valence-corrected chi connectivity index (χ0v) is 15.1. The van der Waals surface area contributed by atoms with Crippen LogP contribution in [0.1, 0.15) is 11.3 Å². The van der Waals surface area contributed by atoms with Crippen LogP contribution in [0.15, 0.2) is 60.8 Å². The summed E-state index contributed by atoms with van der Waals surface area (Å²) >= 11 is 11.7. The van der Waals surface area contributed by atoms with Crippen LogP contribution < -0.4 is 4.74 Å². The van der Waals surface area contributed by atoms with Gasteiger partial charge in [0.1, 0.15) is 22.9 Å². The van der Waals surface area contributed by atoms with Crippen LogP contribution in [0.2, 0.25) is 10.0 Å². The molecule has 1 aliphatic heterocycles. The van der Waals surface area contributed by atoms with Crippen molar-refractivity contribution in [3.63, 3.8) is 0 Å². The van der Waals surface area contributed by atoms with Gasteiger partial charge in [-0.25, -0.2) is 4.39 Å². The lowest BCUT2D eigenvalue weighted by molar-refractivity contribution is 0.298.